The third kappa shape index (κ3) is 2.96. The first-order chi connectivity index (χ1) is 8.15. The Labute approximate surface area is 100 Å². The van der Waals surface area contributed by atoms with Crippen LogP contribution < -0.4 is 0 Å². The summed E-state index contributed by atoms with van der Waals surface area (Å²) < 4.78 is 1.58. The van der Waals surface area contributed by atoms with Crippen LogP contribution in [0.5, 0.6) is 0 Å². The van der Waals surface area contributed by atoms with Gasteiger partial charge in [-0.3, -0.25) is 0 Å². The van der Waals surface area contributed by atoms with E-state index in [2.05, 4.69) is 40.2 Å². The summed E-state index contributed by atoms with van der Waals surface area (Å²) in [6.45, 7) is 6.15. The second-order valence-corrected chi connectivity index (χ2v) is 4.19. The summed E-state index contributed by atoms with van der Waals surface area (Å²) in [6, 6.07) is 1.85. The molecule has 0 radical (unpaired) electrons. The molecule has 17 heavy (non-hydrogen) atoms. The van der Waals surface area contributed by atoms with Gasteiger partial charge in [-0.15, -0.1) is 5.10 Å². The number of rotatable bonds is 3. The van der Waals surface area contributed by atoms with Crippen molar-refractivity contribution in [1.29, 1.82) is 0 Å². The van der Waals surface area contributed by atoms with Crippen LogP contribution in [0.15, 0.2) is 24.5 Å². The van der Waals surface area contributed by atoms with Gasteiger partial charge < -0.3 is 0 Å². The largest absolute Gasteiger partial charge is 0.252 e. The normalized spacial score (nSPS) is 11.5. The van der Waals surface area contributed by atoms with Gasteiger partial charge in [-0.1, -0.05) is 25.1 Å². The van der Waals surface area contributed by atoms with Gasteiger partial charge in [0.05, 0.1) is 6.20 Å². The molecule has 2 heterocycles. The first kappa shape index (κ1) is 11.4. The molecule has 2 rings (SSSR count). The van der Waals surface area contributed by atoms with Crippen LogP contribution in [0.3, 0.4) is 0 Å². The van der Waals surface area contributed by atoms with Crippen LogP contribution in [0, 0.1) is 12.8 Å². The zero-order valence-electron chi connectivity index (χ0n) is 10.2. The molecule has 0 N–H and O–H groups in total. The van der Waals surface area contributed by atoms with Crippen LogP contribution in [0.25, 0.3) is 12.0 Å². The van der Waals surface area contributed by atoms with Crippen molar-refractivity contribution in [2.75, 3.05) is 0 Å². The lowest BCUT2D eigenvalue weighted by Crippen LogP contribution is -2.02. The van der Waals surface area contributed by atoms with Gasteiger partial charge >= 0.3 is 0 Å². The summed E-state index contributed by atoms with van der Waals surface area (Å²) in [4.78, 5) is 8.42. The highest BCUT2D eigenvalue weighted by Crippen LogP contribution is 2.04. The van der Waals surface area contributed by atoms with Crippen LogP contribution in [0.4, 0.5) is 0 Å². The minimum absolute atomic E-state index is 0.496. The molecule has 2 aromatic heterocycles. The van der Waals surface area contributed by atoms with E-state index in [0.29, 0.717) is 11.9 Å². The lowest BCUT2D eigenvalue weighted by Gasteiger charge is -1.97. The van der Waals surface area contributed by atoms with E-state index in [1.54, 1.807) is 10.9 Å². The quantitative estimate of drug-likeness (QED) is 0.808. The van der Waals surface area contributed by atoms with Gasteiger partial charge in [0.25, 0.3) is 5.95 Å². The second-order valence-electron chi connectivity index (χ2n) is 4.19. The van der Waals surface area contributed by atoms with Gasteiger partial charge in [0.1, 0.15) is 5.69 Å². The van der Waals surface area contributed by atoms with Gasteiger partial charge in [-0.25, -0.2) is 9.97 Å². The fourth-order valence-corrected chi connectivity index (χ4v) is 1.29. The smallest absolute Gasteiger partial charge is 0.220 e. The molecule has 0 bridgehead atoms. The van der Waals surface area contributed by atoms with E-state index in [9.17, 15) is 0 Å². The molecule has 5 nitrogen and oxygen atoms in total. The minimum Gasteiger partial charge on any atom is -0.220 e. The maximum atomic E-state index is 4.28. The molecule has 0 aliphatic carbocycles. The van der Waals surface area contributed by atoms with Crippen molar-refractivity contribution in [3.8, 4) is 5.95 Å². The zero-order chi connectivity index (χ0) is 12.3. The number of aromatic nitrogens is 5. The van der Waals surface area contributed by atoms with Crippen LogP contribution >= 0.6 is 0 Å². The predicted molar refractivity (Wildman–Crippen MR) is 65.6 cm³/mol. The molecule has 0 aromatic carbocycles. The topological polar surface area (TPSA) is 56.5 Å². The van der Waals surface area contributed by atoms with E-state index < -0.39 is 0 Å². The van der Waals surface area contributed by atoms with E-state index in [4.69, 9.17) is 0 Å². The maximum Gasteiger partial charge on any atom is 0.252 e. The first-order valence-corrected chi connectivity index (χ1v) is 5.56. The molecule has 0 atom stereocenters. The molecule has 5 heteroatoms. The SMILES string of the molecule is Cc1ccnc(-n2cc(/C=C/C(C)C)nn2)n1. The Morgan fingerprint density at radius 1 is 1.35 bits per heavy atom. The Bertz CT molecular complexity index is 527. The lowest BCUT2D eigenvalue weighted by atomic mass is 10.2. The number of nitrogens with zero attached hydrogens (tertiary/aromatic N) is 5. The molecule has 0 unspecified atom stereocenters. The van der Waals surface area contributed by atoms with Crippen LogP contribution in [0.2, 0.25) is 0 Å². The Morgan fingerprint density at radius 3 is 2.88 bits per heavy atom. The highest BCUT2D eigenvalue weighted by Gasteiger charge is 2.03. The molecule has 0 aliphatic rings. The van der Waals surface area contributed by atoms with Crippen molar-refractivity contribution in [3.05, 3.63) is 35.9 Å². The van der Waals surface area contributed by atoms with E-state index in [-0.39, 0.29) is 0 Å². The average molecular weight is 229 g/mol. The van der Waals surface area contributed by atoms with Gasteiger partial charge in [0.2, 0.25) is 0 Å². The molecule has 0 spiro atoms. The molecular weight excluding hydrogens is 214 g/mol. The van der Waals surface area contributed by atoms with Crippen molar-refractivity contribution >= 4 is 6.08 Å². The third-order valence-corrected chi connectivity index (χ3v) is 2.15. The monoisotopic (exact) mass is 229 g/mol. The van der Waals surface area contributed by atoms with E-state index >= 15 is 0 Å². The fraction of sp³-hybridized carbons (Fsp3) is 0.333. The van der Waals surface area contributed by atoms with Crippen LogP contribution in [-0.2, 0) is 0 Å². The predicted octanol–water partition coefficient (Wildman–Crippen LogP) is 2.03. The minimum atomic E-state index is 0.496. The molecule has 88 valence electrons. The van der Waals surface area contributed by atoms with Crippen molar-refractivity contribution < 1.29 is 0 Å². The summed E-state index contributed by atoms with van der Waals surface area (Å²) in [5.74, 6) is 1.04. The molecule has 0 saturated heterocycles. The number of aryl methyl sites for hydroxylation is 1. The number of hydrogen-bond donors (Lipinski definition) is 0. The Hall–Kier alpha value is -2.04. The zero-order valence-corrected chi connectivity index (χ0v) is 10.2. The van der Waals surface area contributed by atoms with Crippen LogP contribution in [-0.4, -0.2) is 25.0 Å². The van der Waals surface area contributed by atoms with Gasteiger partial charge in [-0.05, 0) is 25.0 Å². The molecule has 0 saturated carbocycles. The lowest BCUT2D eigenvalue weighted by molar-refractivity contribution is 0.750. The average Bonchev–Trinajstić information content (AvgIpc) is 2.75. The van der Waals surface area contributed by atoms with Gasteiger partial charge in [0.15, 0.2) is 0 Å². The summed E-state index contributed by atoms with van der Waals surface area (Å²) in [6.07, 6.45) is 7.55. The highest BCUT2D eigenvalue weighted by atomic mass is 15.5. The summed E-state index contributed by atoms with van der Waals surface area (Å²) in [5.41, 5.74) is 1.72. The van der Waals surface area contributed by atoms with Crippen molar-refractivity contribution in [1.82, 2.24) is 25.0 Å². The van der Waals surface area contributed by atoms with Crippen molar-refractivity contribution in [3.63, 3.8) is 0 Å². The van der Waals surface area contributed by atoms with Crippen molar-refractivity contribution in [2.45, 2.75) is 20.8 Å². The molecule has 2 aromatic rings. The van der Waals surface area contributed by atoms with E-state index in [1.165, 1.54) is 0 Å². The third-order valence-electron chi connectivity index (χ3n) is 2.15. The molecular formula is C12H15N5. The van der Waals surface area contributed by atoms with Gasteiger partial charge in [0, 0.05) is 11.9 Å². The second kappa shape index (κ2) is 4.86. The first-order valence-electron chi connectivity index (χ1n) is 5.56. The highest BCUT2D eigenvalue weighted by molar-refractivity contribution is 5.43. The Kier molecular flexibility index (Phi) is 3.27. The summed E-state index contributed by atoms with van der Waals surface area (Å²) in [5, 5.41) is 8.04. The Balaban J connectivity index is 2.24. The standard InChI is InChI=1S/C12H15N5/c1-9(2)4-5-11-8-17(16-15-11)12-13-7-6-10(3)14-12/h4-9H,1-3H3/b5-4+. The Morgan fingerprint density at radius 2 is 2.18 bits per heavy atom. The number of allylic oxidation sites excluding steroid dienone is 1. The molecule has 0 amide bonds. The maximum absolute atomic E-state index is 4.28. The van der Waals surface area contributed by atoms with Crippen molar-refractivity contribution in [2.24, 2.45) is 5.92 Å². The van der Waals surface area contributed by atoms with Gasteiger partial charge in [-0.2, -0.15) is 4.68 Å². The molecule has 0 aliphatic heterocycles. The summed E-state index contributed by atoms with van der Waals surface area (Å²) in [7, 11) is 0. The summed E-state index contributed by atoms with van der Waals surface area (Å²) >= 11 is 0. The van der Waals surface area contributed by atoms with E-state index in [0.717, 1.165) is 11.4 Å². The molecule has 0 fully saturated rings. The van der Waals surface area contributed by atoms with Crippen LogP contribution in [0.1, 0.15) is 25.2 Å². The number of hydrogen-bond acceptors (Lipinski definition) is 4. The fourth-order valence-electron chi connectivity index (χ4n) is 1.29. The van der Waals surface area contributed by atoms with E-state index in [1.807, 2.05) is 25.3 Å².